The van der Waals surface area contributed by atoms with Crippen molar-refractivity contribution in [2.75, 3.05) is 0 Å². The molecule has 2 heteroatoms. The Balaban J connectivity index is 1.62. The van der Waals surface area contributed by atoms with Crippen molar-refractivity contribution in [2.45, 2.75) is 32.1 Å². The minimum absolute atomic E-state index is 0.300. The molecule has 0 heterocycles. The van der Waals surface area contributed by atoms with Crippen LogP contribution < -0.4 is 0 Å². The van der Waals surface area contributed by atoms with Gasteiger partial charge >= 0.3 is 0 Å². The maximum Gasteiger partial charge on any atom is 0.166 e. The first kappa shape index (κ1) is 12.0. The minimum atomic E-state index is 0.300. The van der Waals surface area contributed by atoms with Gasteiger partial charge in [-0.15, -0.1) is 0 Å². The van der Waals surface area contributed by atoms with Gasteiger partial charge in [-0.3, -0.25) is 4.79 Å². The zero-order valence-electron chi connectivity index (χ0n) is 11.0. The first-order valence-electron chi connectivity index (χ1n) is 7.50. The Bertz CT molecular complexity index is 476. The summed E-state index contributed by atoms with van der Waals surface area (Å²) >= 11 is 5.91. The predicted molar refractivity (Wildman–Crippen MR) is 76.3 cm³/mol. The molecule has 100 valence electrons. The van der Waals surface area contributed by atoms with Crippen molar-refractivity contribution in [1.29, 1.82) is 0 Å². The summed E-state index contributed by atoms with van der Waals surface area (Å²) in [5.74, 6) is 3.87. The van der Waals surface area contributed by atoms with Crippen molar-refractivity contribution in [1.82, 2.24) is 0 Å². The second-order valence-corrected chi connectivity index (χ2v) is 7.26. The Kier molecular flexibility index (Phi) is 2.73. The lowest BCUT2D eigenvalue weighted by Crippen LogP contribution is -2.48. The molecule has 19 heavy (non-hydrogen) atoms. The molecule has 0 atom stereocenters. The fraction of sp³-hybridized carbons (Fsp3) is 0.588. The van der Waals surface area contributed by atoms with Gasteiger partial charge in [-0.2, -0.15) is 0 Å². The highest BCUT2D eigenvalue weighted by Gasteiger charge is 2.50. The van der Waals surface area contributed by atoms with E-state index in [-0.39, 0.29) is 0 Å². The van der Waals surface area contributed by atoms with Crippen molar-refractivity contribution in [2.24, 2.45) is 29.6 Å². The molecule has 1 aromatic rings. The van der Waals surface area contributed by atoms with Crippen molar-refractivity contribution in [3.63, 3.8) is 0 Å². The number of Topliss-reactive ketones (excluding diaryl/α,β-unsaturated/α-hetero) is 1. The molecule has 0 amide bonds. The lowest BCUT2D eigenvalue weighted by molar-refractivity contribution is -0.0251. The Hall–Kier alpha value is -0.820. The maximum absolute atomic E-state index is 12.8. The monoisotopic (exact) mass is 274 g/mol. The van der Waals surface area contributed by atoms with Gasteiger partial charge in [-0.1, -0.05) is 11.6 Å². The number of rotatable bonds is 2. The average Bonchev–Trinajstić information content (AvgIpc) is 2.38. The van der Waals surface area contributed by atoms with E-state index < -0.39 is 0 Å². The van der Waals surface area contributed by atoms with Crippen LogP contribution in [-0.4, -0.2) is 5.78 Å². The lowest BCUT2D eigenvalue weighted by Gasteiger charge is -2.53. The van der Waals surface area contributed by atoms with Crippen molar-refractivity contribution >= 4 is 17.4 Å². The summed E-state index contributed by atoms with van der Waals surface area (Å²) in [5.41, 5.74) is 0.863. The second-order valence-electron chi connectivity index (χ2n) is 6.83. The van der Waals surface area contributed by atoms with Gasteiger partial charge in [-0.05, 0) is 80.0 Å². The average molecular weight is 275 g/mol. The standard InChI is InChI=1S/C17H19ClO/c18-15-3-1-12(2-4-15)17(19)16-13-6-10-5-11(8-13)9-14(16)7-10/h1-4,10-11,13-14,16H,5-9H2. The third-order valence-electron chi connectivity index (χ3n) is 5.66. The number of hydrogen-bond donors (Lipinski definition) is 0. The molecule has 4 aliphatic rings. The van der Waals surface area contributed by atoms with E-state index in [1.807, 2.05) is 24.3 Å². The highest BCUT2D eigenvalue weighted by atomic mass is 35.5. The Morgan fingerprint density at radius 1 is 0.895 bits per heavy atom. The van der Waals surface area contributed by atoms with Gasteiger partial charge in [0.05, 0.1) is 0 Å². The molecule has 0 saturated heterocycles. The third kappa shape index (κ3) is 1.94. The molecule has 0 aromatic heterocycles. The highest BCUT2D eigenvalue weighted by molar-refractivity contribution is 6.30. The molecule has 4 bridgehead atoms. The molecule has 0 radical (unpaired) electrons. The molecule has 0 unspecified atom stereocenters. The first-order chi connectivity index (χ1) is 9.20. The van der Waals surface area contributed by atoms with E-state index in [1.165, 1.54) is 32.1 Å². The molecular weight excluding hydrogens is 256 g/mol. The predicted octanol–water partition coefficient (Wildman–Crippen LogP) is 4.60. The Morgan fingerprint density at radius 2 is 1.42 bits per heavy atom. The summed E-state index contributed by atoms with van der Waals surface area (Å²) in [4.78, 5) is 12.8. The molecule has 0 N–H and O–H groups in total. The molecule has 5 rings (SSSR count). The van der Waals surface area contributed by atoms with E-state index in [4.69, 9.17) is 11.6 Å². The molecule has 4 saturated carbocycles. The van der Waals surface area contributed by atoms with Gasteiger partial charge in [-0.25, -0.2) is 0 Å². The molecule has 4 aliphatic carbocycles. The summed E-state index contributed by atoms with van der Waals surface area (Å²) in [6, 6.07) is 7.47. The van der Waals surface area contributed by atoms with Gasteiger partial charge in [0.2, 0.25) is 0 Å². The van der Waals surface area contributed by atoms with Crippen LogP contribution in [0.2, 0.25) is 5.02 Å². The normalized spacial score (nSPS) is 39.5. The fourth-order valence-electron chi connectivity index (χ4n) is 5.16. The van der Waals surface area contributed by atoms with E-state index in [0.717, 1.165) is 17.4 Å². The zero-order chi connectivity index (χ0) is 13.0. The number of ketones is 1. The largest absolute Gasteiger partial charge is 0.294 e. The number of benzene rings is 1. The summed E-state index contributed by atoms with van der Waals surface area (Å²) < 4.78 is 0. The quantitative estimate of drug-likeness (QED) is 0.721. The van der Waals surface area contributed by atoms with Crippen LogP contribution in [0.25, 0.3) is 0 Å². The highest BCUT2D eigenvalue weighted by Crippen LogP contribution is 2.57. The van der Waals surface area contributed by atoms with Crippen LogP contribution >= 0.6 is 11.6 Å². The molecule has 0 spiro atoms. The van der Waals surface area contributed by atoms with E-state index in [1.54, 1.807) is 0 Å². The molecule has 1 aromatic carbocycles. The van der Waals surface area contributed by atoms with Crippen molar-refractivity contribution < 1.29 is 4.79 Å². The molecular formula is C17H19ClO. The summed E-state index contributed by atoms with van der Waals surface area (Å²) in [7, 11) is 0. The SMILES string of the molecule is O=C(c1ccc(Cl)cc1)C1C2CC3CC(C2)CC1C3. The van der Waals surface area contributed by atoms with E-state index in [0.29, 0.717) is 28.6 Å². The third-order valence-corrected chi connectivity index (χ3v) is 5.91. The molecule has 0 aliphatic heterocycles. The van der Waals surface area contributed by atoms with Crippen molar-refractivity contribution in [3.05, 3.63) is 34.9 Å². The second kappa shape index (κ2) is 4.34. The van der Waals surface area contributed by atoms with Gasteiger partial charge < -0.3 is 0 Å². The van der Waals surface area contributed by atoms with Crippen LogP contribution in [0.15, 0.2) is 24.3 Å². The summed E-state index contributed by atoms with van der Waals surface area (Å²) in [6.07, 6.45) is 6.65. The van der Waals surface area contributed by atoms with Crippen LogP contribution in [0.1, 0.15) is 42.5 Å². The topological polar surface area (TPSA) is 17.1 Å². The van der Waals surface area contributed by atoms with E-state index >= 15 is 0 Å². The number of halogens is 1. The first-order valence-corrected chi connectivity index (χ1v) is 7.88. The molecule has 4 fully saturated rings. The van der Waals surface area contributed by atoms with Crippen molar-refractivity contribution in [3.8, 4) is 0 Å². The number of hydrogen-bond acceptors (Lipinski definition) is 1. The maximum atomic E-state index is 12.8. The Labute approximate surface area is 119 Å². The van der Waals surface area contributed by atoms with Crippen LogP contribution in [0, 0.1) is 29.6 Å². The lowest BCUT2D eigenvalue weighted by atomic mass is 9.51. The Morgan fingerprint density at radius 3 is 1.95 bits per heavy atom. The van der Waals surface area contributed by atoms with Crippen LogP contribution in [-0.2, 0) is 0 Å². The zero-order valence-corrected chi connectivity index (χ0v) is 11.8. The molecule has 1 nitrogen and oxygen atoms in total. The van der Waals surface area contributed by atoms with Crippen LogP contribution in [0.4, 0.5) is 0 Å². The van der Waals surface area contributed by atoms with Gasteiger partial charge in [0.1, 0.15) is 0 Å². The minimum Gasteiger partial charge on any atom is -0.294 e. The summed E-state index contributed by atoms with van der Waals surface area (Å²) in [6.45, 7) is 0. The van der Waals surface area contributed by atoms with Crippen LogP contribution in [0.3, 0.4) is 0 Å². The number of carbonyl (C=O) groups excluding carboxylic acids is 1. The smallest absolute Gasteiger partial charge is 0.166 e. The number of carbonyl (C=O) groups is 1. The summed E-state index contributed by atoms with van der Waals surface area (Å²) in [5, 5.41) is 0.710. The van der Waals surface area contributed by atoms with Gasteiger partial charge in [0.15, 0.2) is 5.78 Å². The van der Waals surface area contributed by atoms with E-state index in [2.05, 4.69) is 0 Å². The fourth-order valence-corrected chi connectivity index (χ4v) is 5.29. The van der Waals surface area contributed by atoms with E-state index in [9.17, 15) is 4.79 Å². The van der Waals surface area contributed by atoms with Gasteiger partial charge in [0, 0.05) is 16.5 Å². The van der Waals surface area contributed by atoms with Crippen LogP contribution in [0.5, 0.6) is 0 Å². The van der Waals surface area contributed by atoms with Gasteiger partial charge in [0.25, 0.3) is 0 Å².